The number of aryl methyl sites for hydroxylation is 4. The van der Waals surface area contributed by atoms with Gasteiger partial charge in [-0.1, -0.05) is 73.4 Å². The molecular weight excluding hydrogens is 538 g/mol. The van der Waals surface area contributed by atoms with E-state index in [1.54, 1.807) is 18.2 Å². The van der Waals surface area contributed by atoms with Gasteiger partial charge in [-0.05, 0) is 70.5 Å². The van der Waals surface area contributed by atoms with E-state index in [0.29, 0.717) is 41.8 Å². The quantitative estimate of drug-likeness (QED) is 0.107. The summed E-state index contributed by atoms with van der Waals surface area (Å²) in [6.45, 7) is 11.2. The summed E-state index contributed by atoms with van der Waals surface area (Å²) in [5, 5.41) is 21.2. The molecule has 0 radical (unpaired) electrons. The Kier molecular flexibility index (Phi) is 11.6. The number of hydrogen-bond acceptors (Lipinski definition) is 7. The van der Waals surface area contributed by atoms with Gasteiger partial charge in [0.1, 0.15) is 11.5 Å². The second-order valence-electron chi connectivity index (χ2n) is 11.5. The predicted octanol–water partition coefficient (Wildman–Crippen LogP) is 8.28. The summed E-state index contributed by atoms with van der Waals surface area (Å²) in [6.07, 6.45) is 6.50. The molecule has 0 amide bonds. The van der Waals surface area contributed by atoms with Gasteiger partial charge in [-0.3, -0.25) is 0 Å². The van der Waals surface area contributed by atoms with Crippen LogP contribution in [0.3, 0.4) is 0 Å². The van der Waals surface area contributed by atoms with Crippen LogP contribution in [0.25, 0.3) is 34.2 Å². The van der Waals surface area contributed by atoms with Crippen LogP contribution in [0.4, 0.5) is 0 Å². The van der Waals surface area contributed by atoms with Crippen molar-refractivity contribution in [2.45, 2.75) is 85.9 Å². The van der Waals surface area contributed by atoms with Crippen molar-refractivity contribution in [3.05, 3.63) is 76.9 Å². The third-order valence-electron chi connectivity index (χ3n) is 7.25. The first kappa shape index (κ1) is 32.1. The summed E-state index contributed by atoms with van der Waals surface area (Å²) in [4.78, 5) is 14.4. The first-order chi connectivity index (χ1) is 20.7. The zero-order valence-corrected chi connectivity index (χ0v) is 26.2. The highest BCUT2D eigenvalue weighted by atomic mass is 16.6. The molecule has 0 fully saturated rings. The lowest BCUT2D eigenvalue weighted by molar-refractivity contribution is -0.108. The van der Waals surface area contributed by atoms with Crippen LogP contribution >= 0.6 is 0 Å². The fourth-order valence-electron chi connectivity index (χ4n) is 5.22. The van der Waals surface area contributed by atoms with E-state index in [2.05, 4.69) is 71.0 Å². The third kappa shape index (κ3) is 9.60. The molecule has 0 aliphatic heterocycles. The first-order valence-corrected chi connectivity index (χ1v) is 15.4. The normalized spacial score (nSPS) is 12.0. The molecule has 7 heteroatoms. The van der Waals surface area contributed by atoms with Crippen LogP contribution in [0.15, 0.2) is 54.6 Å². The third-order valence-corrected chi connectivity index (χ3v) is 7.25. The highest BCUT2D eigenvalue weighted by Crippen LogP contribution is 2.33. The van der Waals surface area contributed by atoms with Crippen LogP contribution in [-0.2, 0) is 4.74 Å². The molecular formula is C36H45N3O4. The van der Waals surface area contributed by atoms with Crippen molar-refractivity contribution in [3.63, 3.8) is 0 Å². The van der Waals surface area contributed by atoms with E-state index in [0.717, 1.165) is 46.2 Å². The van der Waals surface area contributed by atoms with Gasteiger partial charge in [0, 0.05) is 30.2 Å². The average molecular weight is 584 g/mol. The molecule has 4 aromatic rings. The first-order valence-electron chi connectivity index (χ1n) is 15.4. The van der Waals surface area contributed by atoms with Gasteiger partial charge in [0.2, 0.25) is 0 Å². The van der Waals surface area contributed by atoms with Gasteiger partial charge in [-0.2, -0.15) is 0 Å². The molecule has 0 spiro atoms. The molecule has 2 N–H and O–H groups in total. The number of aromatic hydroxyl groups is 1. The second kappa shape index (κ2) is 15.6. The molecule has 7 nitrogen and oxygen atoms in total. The standard InChI is InChI=1S/C36H45N3O4/c1-6-7-8-9-10-11-15-43-33(41)14-16-42-30-12-13-31(32(40)23-30)36-38-34(28-19-24(2)17-25(3)20-28)37-35(39-36)29-21-26(4)18-27(5)22-29/h12-13,17-23,33,40-41H,6-11,14-16H2,1-5H3. The zero-order valence-electron chi connectivity index (χ0n) is 26.2. The van der Waals surface area contributed by atoms with E-state index in [9.17, 15) is 10.2 Å². The molecule has 228 valence electrons. The lowest BCUT2D eigenvalue weighted by Crippen LogP contribution is -2.16. The summed E-state index contributed by atoms with van der Waals surface area (Å²) in [6, 6.07) is 17.5. The summed E-state index contributed by atoms with van der Waals surface area (Å²) < 4.78 is 11.3. The van der Waals surface area contributed by atoms with Crippen LogP contribution in [0.2, 0.25) is 0 Å². The Hall–Kier alpha value is -3.81. The smallest absolute Gasteiger partial charge is 0.167 e. The maximum Gasteiger partial charge on any atom is 0.167 e. The van der Waals surface area contributed by atoms with Crippen molar-refractivity contribution in [2.75, 3.05) is 13.2 Å². The number of aliphatic hydroxyl groups excluding tert-OH is 1. The van der Waals surface area contributed by atoms with E-state index in [-0.39, 0.29) is 12.4 Å². The van der Waals surface area contributed by atoms with Crippen molar-refractivity contribution >= 4 is 0 Å². The number of nitrogens with zero attached hydrogens (tertiary/aromatic N) is 3. The van der Waals surface area contributed by atoms with E-state index in [1.165, 1.54) is 25.7 Å². The Morgan fingerprint density at radius 2 is 1.19 bits per heavy atom. The molecule has 0 saturated carbocycles. The van der Waals surface area contributed by atoms with Gasteiger partial charge in [0.15, 0.2) is 23.8 Å². The molecule has 1 unspecified atom stereocenters. The van der Waals surface area contributed by atoms with Crippen LogP contribution < -0.4 is 4.74 Å². The fraction of sp³-hybridized carbons (Fsp3) is 0.417. The number of phenols is 1. The molecule has 1 aromatic heterocycles. The van der Waals surface area contributed by atoms with Crippen molar-refractivity contribution in [2.24, 2.45) is 0 Å². The SMILES string of the molecule is CCCCCCCCOC(O)CCOc1ccc(-c2nc(-c3cc(C)cc(C)c3)nc(-c3cc(C)cc(C)c3)n2)c(O)c1. The number of aliphatic hydroxyl groups is 1. The number of hydrogen-bond donors (Lipinski definition) is 2. The van der Waals surface area contributed by atoms with Crippen LogP contribution in [0, 0.1) is 27.7 Å². The topological polar surface area (TPSA) is 97.6 Å². The number of unbranched alkanes of at least 4 members (excludes halogenated alkanes) is 5. The number of benzene rings is 3. The van der Waals surface area contributed by atoms with Crippen molar-refractivity contribution < 1.29 is 19.7 Å². The molecule has 1 atom stereocenters. The van der Waals surface area contributed by atoms with Gasteiger partial charge in [-0.15, -0.1) is 0 Å². The minimum absolute atomic E-state index is 0.00122. The number of ether oxygens (including phenoxy) is 2. The van der Waals surface area contributed by atoms with Crippen molar-refractivity contribution in [1.82, 2.24) is 15.0 Å². The number of rotatable bonds is 15. The molecule has 3 aromatic carbocycles. The molecule has 1 heterocycles. The maximum absolute atomic E-state index is 11.0. The van der Waals surface area contributed by atoms with Crippen LogP contribution in [-0.4, -0.2) is 44.7 Å². The van der Waals surface area contributed by atoms with E-state index in [4.69, 9.17) is 24.4 Å². The minimum Gasteiger partial charge on any atom is -0.507 e. The Labute approximate surface area is 256 Å². The van der Waals surface area contributed by atoms with E-state index in [1.807, 2.05) is 0 Å². The summed E-state index contributed by atoms with van der Waals surface area (Å²) in [5.41, 5.74) is 6.74. The van der Waals surface area contributed by atoms with E-state index < -0.39 is 6.29 Å². The van der Waals surface area contributed by atoms with Crippen LogP contribution in [0.1, 0.15) is 74.1 Å². The van der Waals surface area contributed by atoms with Gasteiger partial charge < -0.3 is 19.7 Å². The summed E-state index contributed by atoms with van der Waals surface area (Å²) >= 11 is 0. The van der Waals surface area contributed by atoms with E-state index >= 15 is 0 Å². The summed E-state index contributed by atoms with van der Waals surface area (Å²) in [7, 11) is 0. The second-order valence-corrected chi connectivity index (χ2v) is 11.5. The highest BCUT2D eigenvalue weighted by Gasteiger charge is 2.16. The van der Waals surface area contributed by atoms with Crippen LogP contribution in [0.5, 0.6) is 11.5 Å². The zero-order chi connectivity index (χ0) is 30.8. The van der Waals surface area contributed by atoms with Crippen molar-refractivity contribution in [3.8, 4) is 45.7 Å². The fourth-order valence-corrected chi connectivity index (χ4v) is 5.22. The number of aromatic nitrogens is 3. The lowest BCUT2D eigenvalue weighted by atomic mass is 10.1. The van der Waals surface area contributed by atoms with Gasteiger partial charge >= 0.3 is 0 Å². The van der Waals surface area contributed by atoms with Gasteiger partial charge in [-0.25, -0.2) is 15.0 Å². The summed E-state index contributed by atoms with van der Waals surface area (Å²) in [5.74, 6) is 1.95. The van der Waals surface area contributed by atoms with Crippen molar-refractivity contribution in [1.29, 1.82) is 0 Å². The minimum atomic E-state index is -0.874. The average Bonchev–Trinajstić information content (AvgIpc) is 2.95. The lowest BCUT2D eigenvalue weighted by Gasteiger charge is -2.14. The molecule has 4 rings (SSSR count). The Morgan fingerprint density at radius 1 is 0.651 bits per heavy atom. The largest absolute Gasteiger partial charge is 0.507 e. The Balaban J connectivity index is 1.48. The molecule has 43 heavy (non-hydrogen) atoms. The molecule has 0 aliphatic rings. The Morgan fingerprint density at radius 3 is 1.74 bits per heavy atom. The molecule has 0 aliphatic carbocycles. The molecule has 0 bridgehead atoms. The number of phenolic OH excluding ortho intramolecular Hbond substituents is 1. The van der Waals surface area contributed by atoms with Gasteiger partial charge in [0.05, 0.1) is 12.2 Å². The monoisotopic (exact) mass is 583 g/mol. The maximum atomic E-state index is 11.0. The van der Waals surface area contributed by atoms with Gasteiger partial charge in [0.25, 0.3) is 0 Å². The predicted molar refractivity (Wildman–Crippen MR) is 172 cm³/mol. The molecule has 0 saturated heterocycles. The highest BCUT2D eigenvalue weighted by molar-refractivity contribution is 5.71. The Bertz CT molecular complexity index is 1390.